The van der Waals surface area contributed by atoms with Gasteiger partial charge in [0.05, 0.1) is 19.1 Å². The average molecular weight is 412 g/mol. The molecule has 0 fully saturated rings. The van der Waals surface area contributed by atoms with Crippen LogP contribution in [0, 0.1) is 10.1 Å². The standard InChI is InChI=1S/C20H16N2O8/c1-27-17-9-12(6-7-16(17)29-11-18(23)28-2)8-15-20(24)30-19(21-15)13-4-3-5-14(10-13)22(25)26/h3-10H,11H2,1-2H3/b15-8-. The number of cyclic esters (lactones) is 1. The number of hydrogen-bond acceptors (Lipinski definition) is 9. The maximum absolute atomic E-state index is 12.2. The first kappa shape index (κ1) is 20.5. The highest BCUT2D eigenvalue weighted by molar-refractivity contribution is 6.13. The van der Waals surface area contributed by atoms with Crippen molar-refractivity contribution in [3.8, 4) is 11.5 Å². The Hall–Kier alpha value is -4.21. The van der Waals surface area contributed by atoms with Gasteiger partial charge in [-0.15, -0.1) is 0 Å². The highest BCUT2D eigenvalue weighted by atomic mass is 16.6. The summed E-state index contributed by atoms with van der Waals surface area (Å²) in [5, 5.41) is 10.9. The zero-order valence-corrected chi connectivity index (χ0v) is 16.0. The van der Waals surface area contributed by atoms with Gasteiger partial charge in [0.25, 0.3) is 5.69 Å². The molecular formula is C20H16N2O8. The van der Waals surface area contributed by atoms with Gasteiger partial charge in [0, 0.05) is 17.7 Å². The van der Waals surface area contributed by atoms with E-state index in [1.54, 1.807) is 24.3 Å². The lowest BCUT2D eigenvalue weighted by Gasteiger charge is -2.10. The second-order valence-corrected chi connectivity index (χ2v) is 5.92. The number of rotatable bonds is 7. The molecular weight excluding hydrogens is 396 g/mol. The van der Waals surface area contributed by atoms with Crippen LogP contribution >= 0.6 is 0 Å². The number of nitro benzene ring substituents is 1. The Morgan fingerprint density at radius 1 is 1.20 bits per heavy atom. The molecule has 1 aliphatic heterocycles. The van der Waals surface area contributed by atoms with Crippen molar-refractivity contribution in [2.24, 2.45) is 4.99 Å². The second kappa shape index (κ2) is 8.86. The lowest BCUT2D eigenvalue weighted by atomic mass is 10.1. The fraction of sp³-hybridized carbons (Fsp3) is 0.150. The van der Waals surface area contributed by atoms with Crippen LogP contribution in [0.5, 0.6) is 11.5 Å². The third kappa shape index (κ3) is 4.61. The first-order valence-corrected chi connectivity index (χ1v) is 8.56. The first-order valence-electron chi connectivity index (χ1n) is 8.56. The smallest absolute Gasteiger partial charge is 0.363 e. The Kier molecular flexibility index (Phi) is 6.06. The van der Waals surface area contributed by atoms with Crippen molar-refractivity contribution in [2.45, 2.75) is 0 Å². The van der Waals surface area contributed by atoms with E-state index in [0.717, 1.165) is 0 Å². The van der Waals surface area contributed by atoms with Crippen LogP contribution in [-0.4, -0.2) is 43.6 Å². The SMILES string of the molecule is COC(=O)COc1ccc(/C=C2\N=C(c3cccc([N+](=O)[O-])c3)OC2=O)cc1OC. The van der Waals surface area contributed by atoms with E-state index in [1.807, 2.05) is 0 Å². The monoisotopic (exact) mass is 412 g/mol. The van der Waals surface area contributed by atoms with E-state index in [1.165, 1.54) is 38.5 Å². The van der Waals surface area contributed by atoms with Crippen LogP contribution in [0.15, 0.2) is 53.2 Å². The number of carbonyl (C=O) groups excluding carboxylic acids is 2. The average Bonchev–Trinajstić information content (AvgIpc) is 3.12. The summed E-state index contributed by atoms with van der Waals surface area (Å²) in [5.74, 6) is -0.608. The molecule has 2 aromatic rings. The minimum atomic E-state index is -0.693. The van der Waals surface area contributed by atoms with Crippen molar-refractivity contribution in [3.63, 3.8) is 0 Å². The predicted octanol–water partition coefficient (Wildman–Crippen LogP) is 2.50. The van der Waals surface area contributed by atoms with Crippen LogP contribution in [-0.2, 0) is 19.1 Å². The summed E-state index contributed by atoms with van der Waals surface area (Å²) in [6, 6.07) is 10.4. The molecule has 2 aromatic carbocycles. The molecule has 0 aliphatic carbocycles. The molecule has 10 heteroatoms. The van der Waals surface area contributed by atoms with Gasteiger partial charge in [-0.05, 0) is 29.8 Å². The van der Waals surface area contributed by atoms with E-state index < -0.39 is 16.9 Å². The second-order valence-electron chi connectivity index (χ2n) is 5.92. The summed E-state index contributed by atoms with van der Waals surface area (Å²) in [5.41, 5.74) is 0.746. The van der Waals surface area contributed by atoms with E-state index in [9.17, 15) is 19.7 Å². The van der Waals surface area contributed by atoms with Gasteiger partial charge in [-0.3, -0.25) is 10.1 Å². The summed E-state index contributed by atoms with van der Waals surface area (Å²) in [4.78, 5) is 37.9. The molecule has 10 nitrogen and oxygen atoms in total. The fourth-order valence-electron chi connectivity index (χ4n) is 2.53. The molecule has 30 heavy (non-hydrogen) atoms. The van der Waals surface area contributed by atoms with Crippen LogP contribution in [0.2, 0.25) is 0 Å². The van der Waals surface area contributed by atoms with E-state index >= 15 is 0 Å². The zero-order valence-electron chi connectivity index (χ0n) is 16.0. The van der Waals surface area contributed by atoms with Crippen LogP contribution in [0.1, 0.15) is 11.1 Å². The summed E-state index contributed by atoms with van der Waals surface area (Å²) >= 11 is 0. The molecule has 3 rings (SSSR count). The number of benzene rings is 2. The molecule has 0 amide bonds. The maximum Gasteiger partial charge on any atom is 0.363 e. The van der Waals surface area contributed by atoms with Crippen molar-refractivity contribution < 1.29 is 33.5 Å². The van der Waals surface area contributed by atoms with Gasteiger partial charge in [-0.2, -0.15) is 0 Å². The van der Waals surface area contributed by atoms with Gasteiger partial charge in [0.15, 0.2) is 23.8 Å². The molecule has 0 radical (unpaired) electrons. The maximum atomic E-state index is 12.2. The molecule has 0 N–H and O–H groups in total. The lowest BCUT2D eigenvalue weighted by Crippen LogP contribution is -2.12. The van der Waals surface area contributed by atoms with Crippen LogP contribution in [0.4, 0.5) is 5.69 Å². The molecule has 0 spiro atoms. The number of hydrogen-bond donors (Lipinski definition) is 0. The number of carbonyl (C=O) groups is 2. The number of esters is 2. The minimum absolute atomic E-state index is 0.0155. The Labute approximate surface area is 170 Å². The molecule has 0 unspecified atom stereocenters. The summed E-state index contributed by atoms with van der Waals surface area (Å²) in [7, 11) is 2.68. The highest BCUT2D eigenvalue weighted by Crippen LogP contribution is 2.30. The number of aliphatic imine (C=N–C) groups is 1. The molecule has 0 aromatic heterocycles. The summed E-state index contributed by atoms with van der Waals surface area (Å²) in [6.45, 7) is -0.281. The zero-order chi connectivity index (χ0) is 21.7. The fourth-order valence-corrected chi connectivity index (χ4v) is 2.53. The van der Waals surface area contributed by atoms with Gasteiger partial charge in [-0.1, -0.05) is 12.1 Å². The van der Waals surface area contributed by atoms with E-state index in [4.69, 9.17) is 14.2 Å². The van der Waals surface area contributed by atoms with Gasteiger partial charge in [0.1, 0.15) is 0 Å². The molecule has 0 saturated heterocycles. The van der Waals surface area contributed by atoms with Gasteiger partial charge >= 0.3 is 11.9 Å². The largest absolute Gasteiger partial charge is 0.493 e. The molecule has 1 heterocycles. The Balaban J connectivity index is 1.85. The lowest BCUT2D eigenvalue weighted by molar-refractivity contribution is -0.384. The third-order valence-corrected chi connectivity index (χ3v) is 3.99. The Morgan fingerprint density at radius 3 is 2.70 bits per heavy atom. The number of non-ortho nitro benzene ring substituents is 1. The Bertz CT molecular complexity index is 1070. The van der Waals surface area contributed by atoms with Crippen molar-refractivity contribution in [3.05, 3.63) is 69.4 Å². The third-order valence-electron chi connectivity index (χ3n) is 3.99. The first-order chi connectivity index (χ1) is 14.4. The van der Waals surface area contributed by atoms with Crippen LogP contribution in [0.3, 0.4) is 0 Å². The van der Waals surface area contributed by atoms with Crippen molar-refractivity contribution >= 4 is 29.6 Å². The normalized spacial score (nSPS) is 14.1. The molecule has 0 atom stereocenters. The van der Waals surface area contributed by atoms with Crippen molar-refractivity contribution in [1.29, 1.82) is 0 Å². The molecule has 0 saturated carbocycles. The van der Waals surface area contributed by atoms with Crippen molar-refractivity contribution in [2.75, 3.05) is 20.8 Å². The molecule has 154 valence electrons. The number of methoxy groups -OCH3 is 2. The Morgan fingerprint density at radius 2 is 2.00 bits per heavy atom. The highest BCUT2D eigenvalue weighted by Gasteiger charge is 2.25. The quantitative estimate of drug-likeness (QED) is 0.294. The molecule has 0 bridgehead atoms. The van der Waals surface area contributed by atoms with E-state index in [0.29, 0.717) is 22.6 Å². The number of nitro groups is 1. The predicted molar refractivity (Wildman–Crippen MR) is 104 cm³/mol. The van der Waals surface area contributed by atoms with Gasteiger partial charge in [-0.25, -0.2) is 14.6 Å². The number of ether oxygens (including phenoxy) is 4. The topological polar surface area (TPSA) is 127 Å². The minimum Gasteiger partial charge on any atom is -0.493 e. The van der Waals surface area contributed by atoms with Gasteiger partial charge in [0.2, 0.25) is 5.90 Å². The van der Waals surface area contributed by atoms with Crippen molar-refractivity contribution in [1.82, 2.24) is 0 Å². The summed E-state index contributed by atoms with van der Waals surface area (Å²) in [6.07, 6.45) is 1.47. The van der Waals surface area contributed by atoms with Gasteiger partial charge < -0.3 is 18.9 Å². The summed E-state index contributed by atoms with van der Waals surface area (Å²) < 4.78 is 20.2. The molecule has 1 aliphatic rings. The van der Waals surface area contributed by atoms with E-state index in [-0.39, 0.29) is 23.9 Å². The van der Waals surface area contributed by atoms with Crippen LogP contribution in [0.25, 0.3) is 6.08 Å². The number of nitrogens with zero attached hydrogens (tertiary/aromatic N) is 2. The van der Waals surface area contributed by atoms with E-state index in [2.05, 4.69) is 9.73 Å². The van der Waals surface area contributed by atoms with Crippen LogP contribution < -0.4 is 9.47 Å².